The van der Waals surface area contributed by atoms with Gasteiger partial charge in [-0.15, -0.1) is 0 Å². The highest BCUT2D eigenvalue weighted by Crippen LogP contribution is 2.34. The number of carbonyl (C=O) groups excluding carboxylic acids is 1. The first-order valence-corrected chi connectivity index (χ1v) is 11.6. The largest absolute Gasteiger partial charge is 0.488 e. The van der Waals surface area contributed by atoms with E-state index in [-0.39, 0.29) is 18.1 Å². The number of ether oxygens (including phenoxy) is 1. The lowest BCUT2D eigenvalue weighted by molar-refractivity contribution is -0.115. The van der Waals surface area contributed by atoms with Gasteiger partial charge in [0.1, 0.15) is 22.5 Å². The van der Waals surface area contributed by atoms with Crippen LogP contribution in [0.4, 0.5) is 10.1 Å². The summed E-state index contributed by atoms with van der Waals surface area (Å²) in [5.74, 6) is -0.188. The van der Waals surface area contributed by atoms with Crippen LogP contribution in [0, 0.1) is 5.82 Å². The summed E-state index contributed by atoms with van der Waals surface area (Å²) >= 11 is 12.4. The van der Waals surface area contributed by atoms with Crippen molar-refractivity contribution in [3.8, 4) is 16.9 Å². The Morgan fingerprint density at radius 2 is 1.85 bits per heavy atom. The molecule has 1 N–H and O–H groups in total. The first-order valence-electron chi connectivity index (χ1n) is 10.0. The number of carbonyl (C=O) groups is 1. The molecule has 1 aliphatic heterocycles. The number of nitrogens with zero attached hydrogens (tertiary/aromatic N) is 1. The SMILES string of the molecule is CN(C)c1ccc(-c2ccc(OCc3c(F)cccc3Cl)c(C=C3SC(=S)NC3=O)c2)cc1. The fourth-order valence-electron chi connectivity index (χ4n) is 3.31. The highest BCUT2D eigenvalue weighted by molar-refractivity contribution is 8.26. The number of thiocarbonyl (C=S) groups is 1. The van der Waals surface area contributed by atoms with Gasteiger partial charge in [0.25, 0.3) is 5.91 Å². The van der Waals surface area contributed by atoms with E-state index in [0.29, 0.717) is 25.6 Å². The Balaban J connectivity index is 1.70. The second-order valence-electron chi connectivity index (χ2n) is 7.54. The van der Waals surface area contributed by atoms with Crippen LogP contribution in [-0.2, 0) is 11.4 Å². The van der Waals surface area contributed by atoms with E-state index < -0.39 is 5.82 Å². The van der Waals surface area contributed by atoms with Crippen LogP contribution in [0.5, 0.6) is 5.75 Å². The molecule has 3 aromatic carbocycles. The number of hydrogen-bond acceptors (Lipinski definition) is 5. The van der Waals surface area contributed by atoms with Crippen LogP contribution in [0.3, 0.4) is 0 Å². The summed E-state index contributed by atoms with van der Waals surface area (Å²) in [4.78, 5) is 14.7. The number of nitrogens with one attached hydrogen (secondary N) is 1. The summed E-state index contributed by atoms with van der Waals surface area (Å²) in [6.45, 7) is -0.0453. The number of anilines is 1. The van der Waals surface area contributed by atoms with Crippen molar-refractivity contribution in [2.75, 3.05) is 19.0 Å². The second-order valence-corrected chi connectivity index (χ2v) is 9.66. The zero-order chi connectivity index (χ0) is 23.5. The molecule has 0 spiro atoms. The molecule has 0 aliphatic carbocycles. The first-order chi connectivity index (χ1) is 15.8. The lowest BCUT2D eigenvalue weighted by Gasteiger charge is -2.15. The molecule has 8 heteroatoms. The van der Waals surface area contributed by atoms with E-state index >= 15 is 0 Å². The van der Waals surface area contributed by atoms with Gasteiger partial charge < -0.3 is 15.0 Å². The van der Waals surface area contributed by atoms with Gasteiger partial charge in [0.15, 0.2) is 0 Å². The van der Waals surface area contributed by atoms with E-state index in [1.165, 1.54) is 17.8 Å². The van der Waals surface area contributed by atoms with E-state index in [0.717, 1.165) is 16.8 Å². The minimum absolute atomic E-state index is 0.0453. The second kappa shape index (κ2) is 9.95. The van der Waals surface area contributed by atoms with E-state index in [9.17, 15) is 9.18 Å². The van der Waals surface area contributed by atoms with Gasteiger partial charge in [-0.25, -0.2) is 4.39 Å². The normalized spacial score (nSPS) is 14.5. The summed E-state index contributed by atoms with van der Waals surface area (Å²) < 4.78 is 20.6. The molecule has 0 radical (unpaired) electrons. The standard InChI is InChI=1S/C25H20ClFN2O2S2/c1-29(2)18-9-6-15(7-10-18)16-8-11-22(31-14-19-20(26)4-3-5-21(19)27)17(12-16)13-23-24(30)28-25(32)33-23/h3-13H,14H2,1-2H3,(H,28,30,32). The maximum Gasteiger partial charge on any atom is 0.263 e. The Kier molecular flexibility index (Phi) is 7.02. The topological polar surface area (TPSA) is 41.6 Å². The molecule has 0 unspecified atom stereocenters. The number of halogens is 2. The molecule has 1 fully saturated rings. The Morgan fingerprint density at radius 3 is 2.48 bits per heavy atom. The van der Waals surface area contributed by atoms with Gasteiger partial charge >= 0.3 is 0 Å². The minimum atomic E-state index is -0.434. The van der Waals surface area contributed by atoms with E-state index in [2.05, 4.69) is 5.32 Å². The van der Waals surface area contributed by atoms with Gasteiger partial charge in [-0.3, -0.25) is 4.79 Å². The van der Waals surface area contributed by atoms with Crippen molar-refractivity contribution in [3.63, 3.8) is 0 Å². The first kappa shape index (κ1) is 23.3. The minimum Gasteiger partial charge on any atom is -0.488 e. The predicted molar refractivity (Wildman–Crippen MR) is 138 cm³/mol. The van der Waals surface area contributed by atoms with Gasteiger partial charge in [0.05, 0.1) is 9.93 Å². The molecule has 4 nitrogen and oxygen atoms in total. The van der Waals surface area contributed by atoms with Gasteiger partial charge in [0.2, 0.25) is 0 Å². The average Bonchev–Trinajstić information content (AvgIpc) is 3.10. The molecular formula is C25H20ClFN2O2S2. The van der Waals surface area contributed by atoms with Crippen molar-refractivity contribution < 1.29 is 13.9 Å². The summed E-state index contributed by atoms with van der Waals surface area (Å²) in [6.07, 6.45) is 1.73. The number of benzene rings is 3. The van der Waals surface area contributed by atoms with Crippen LogP contribution in [0.2, 0.25) is 5.02 Å². The maximum atomic E-state index is 14.2. The molecule has 0 bridgehead atoms. The third-order valence-electron chi connectivity index (χ3n) is 5.09. The van der Waals surface area contributed by atoms with Gasteiger partial charge in [-0.1, -0.05) is 59.8 Å². The van der Waals surface area contributed by atoms with Gasteiger partial charge in [-0.05, 0) is 53.6 Å². The number of amides is 1. The quantitative estimate of drug-likeness (QED) is 0.320. The molecule has 1 saturated heterocycles. The zero-order valence-corrected chi connectivity index (χ0v) is 20.3. The van der Waals surface area contributed by atoms with Crippen LogP contribution >= 0.6 is 35.6 Å². The predicted octanol–water partition coefficient (Wildman–Crippen LogP) is 6.28. The van der Waals surface area contributed by atoms with Crippen LogP contribution in [0.15, 0.2) is 65.6 Å². The molecule has 33 heavy (non-hydrogen) atoms. The third-order valence-corrected chi connectivity index (χ3v) is 6.61. The fraction of sp³-hybridized carbons (Fsp3) is 0.120. The molecule has 3 aromatic rings. The Hall–Kier alpha value is -2.87. The Labute approximate surface area is 206 Å². The van der Waals surface area contributed by atoms with Crippen molar-refractivity contribution in [1.29, 1.82) is 0 Å². The van der Waals surface area contributed by atoms with Gasteiger partial charge in [-0.2, -0.15) is 0 Å². The lowest BCUT2D eigenvalue weighted by Crippen LogP contribution is -2.17. The lowest BCUT2D eigenvalue weighted by atomic mass is 10.0. The Morgan fingerprint density at radius 1 is 1.12 bits per heavy atom. The van der Waals surface area contributed by atoms with Crippen LogP contribution < -0.4 is 15.0 Å². The molecule has 0 atom stereocenters. The third kappa shape index (κ3) is 5.38. The average molecular weight is 499 g/mol. The molecule has 0 saturated carbocycles. The summed E-state index contributed by atoms with van der Waals surface area (Å²) in [6, 6.07) is 18.3. The number of thioether (sulfide) groups is 1. The van der Waals surface area contributed by atoms with Crippen LogP contribution in [0.25, 0.3) is 17.2 Å². The van der Waals surface area contributed by atoms with E-state index in [1.807, 2.05) is 61.5 Å². The van der Waals surface area contributed by atoms with Crippen molar-refractivity contribution >= 4 is 57.6 Å². The summed E-state index contributed by atoms with van der Waals surface area (Å²) in [5, 5.41) is 2.91. The van der Waals surface area contributed by atoms with E-state index in [1.54, 1.807) is 18.2 Å². The maximum absolute atomic E-state index is 14.2. The van der Waals surface area contributed by atoms with Crippen molar-refractivity contribution in [2.24, 2.45) is 0 Å². The molecule has 1 heterocycles. The van der Waals surface area contributed by atoms with Crippen molar-refractivity contribution in [1.82, 2.24) is 5.32 Å². The van der Waals surface area contributed by atoms with E-state index in [4.69, 9.17) is 28.6 Å². The Bertz CT molecular complexity index is 1240. The number of rotatable bonds is 6. The fourth-order valence-corrected chi connectivity index (χ4v) is 4.56. The summed E-state index contributed by atoms with van der Waals surface area (Å²) in [7, 11) is 3.98. The summed E-state index contributed by atoms with van der Waals surface area (Å²) in [5.41, 5.74) is 4.02. The molecule has 1 amide bonds. The molecule has 4 rings (SSSR count). The molecule has 168 valence electrons. The van der Waals surface area contributed by atoms with Crippen LogP contribution in [0.1, 0.15) is 11.1 Å². The van der Waals surface area contributed by atoms with Crippen molar-refractivity contribution in [3.05, 3.63) is 87.5 Å². The highest BCUT2D eigenvalue weighted by atomic mass is 35.5. The zero-order valence-electron chi connectivity index (χ0n) is 17.9. The van der Waals surface area contributed by atoms with Gasteiger partial charge in [0, 0.05) is 30.9 Å². The number of hydrogen-bond donors (Lipinski definition) is 1. The van der Waals surface area contributed by atoms with Crippen molar-refractivity contribution in [2.45, 2.75) is 6.61 Å². The monoisotopic (exact) mass is 498 g/mol. The smallest absolute Gasteiger partial charge is 0.263 e. The molecule has 1 aliphatic rings. The molecular weight excluding hydrogens is 479 g/mol. The molecule has 0 aromatic heterocycles. The highest BCUT2D eigenvalue weighted by Gasteiger charge is 2.23. The van der Waals surface area contributed by atoms with Crippen LogP contribution in [-0.4, -0.2) is 24.3 Å².